The van der Waals surface area contributed by atoms with Gasteiger partial charge in [-0.3, -0.25) is 0 Å². The smallest absolute Gasteiger partial charge is 0.267 e. The zero-order valence-electron chi connectivity index (χ0n) is 8.98. The average molecular weight is 283 g/mol. The molecule has 0 amide bonds. The molecule has 1 aromatic carbocycles. The second-order valence-electron chi connectivity index (χ2n) is 3.37. The van der Waals surface area contributed by atoms with Crippen LogP contribution in [0.2, 0.25) is 0 Å². The van der Waals surface area contributed by atoms with Crippen molar-refractivity contribution in [1.82, 2.24) is 10.1 Å². The number of halogens is 1. The summed E-state index contributed by atoms with van der Waals surface area (Å²) in [7, 11) is 0. The van der Waals surface area contributed by atoms with E-state index in [9.17, 15) is 0 Å². The number of ether oxygens (including phenoxy) is 1. The Morgan fingerprint density at radius 1 is 1.38 bits per heavy atom. The largest absolute Gasteiger partial charge is 0.480 e. The van der Waals surface area contributed by atoms with Crippen LogP contribution in [-0.2, 0) is 0 Å². The molecular weight excluding hydrogens is 272 g/mol. The van der Waals surface area contributed by atoms with Gasteiger partial charge in [-0.05, 0) is 41.9 Å². The van der Waals surface area contributed by atoms with Crippen LogP contribution in [0.5, 0.6) is 5.75 Å². The predicted octanol–water partition coefficient (Wildman–Crippen LogP) is 3.28. The molecule has 0 saturated carbocycles. The highest BCUT2D eigenvalue weighted by molar-refractivity contribution is 9.10. The summed E-state index contributed by atoms with van der Waals surface area (Å²) in [6, 6.07) is 7.63. The number of hydrogen-bond donors (Lipinski definition) is 0. The quantitative estimate of drug-likeness (QED) is 0.867. The summed E-state index contributed by atoms with van der Waals surface area (Å²) in [5.41, 5.74) is 0. The summed E-state index contributed by atoms with van der Waals surface area (Å²) in [6.45, 7) is 3.64. The summed E-state index contributed by atoms with van der Waals surface area (Å²) in [5.74, 6) is 1.84. The highest BCUT2D eigenvalue weighted by atomic mass is 79.9. The average Bonchev–Trinajstić information content (AvgIpc) is 2.68. The molecule has 0 bridgehead atoms. The van der Waals surface area contributed by atoms with Crippen LogP contribution in [0, 0.1) is 6.92 Å². The Morgan fingerprint density at radius 2 is 2.12 bits per heavy atom. The minimum Gasteiger partial charge on any atom is -0.480 e. The van der Waals surface area contributed by atoms with E-state index < -0.39 is 0 Å². The molecule has 16 heavy (non-hydrogen) atoms. The van der Waals surface area contributed by atoms with E-state index >= 15 is 0 Å². The molecule has 1 atom stereocenters. The van der Waals surface area contributed by atoms with Crippen molar-refractivity contribution in [3.8, 4) is 5.75 Å². The van der Waals surface area contributed by atoms with Gasteiger partial charge in [0.15, 0.2) is 11.9 Å². The molecule has 0 unspecified atom stereocenters. The topological polar surface area (TPSA) is 48.2 Å². The number of aryl methyl sites for hydroxylation is 1. The van der Waals surface area contributed by atoms with Crippen LogP contribution < -0.4 is 4.74 Å². The van der Waals surface area contributed by atoms with E-state index in [0.717, 1.165) is 10.2 Å². The highest BCUT2D eigenvalue weighted by Crippen LogP contribution is 2.28. The molecule has 1 heterocycles. The summed E-state index contributed by atoms with van der Waals surface area (Å²) < 4.78 is 11.6. The van der Waals surface area contributed by atoms with Crippen LogP contribution >= 0.6 is 15.9 Å². The Bertz CT molecular complexity index is 484. The molecule has 84 valence electrons. The Balaban J connectivity index is 2.13. The molecule has 0 radical (unpaired) electrons. The molecule has 0 saturated heterocycles. The first-order valence-electron chi connectivity index (χ1n) is 4.88. The fourth-order valence-corrected chi connectivity index (χ4v) is 1.64. The van der Waals surface area contributed by atoms with E-state index in [1.807, 2.05) is 31.2 Å². The van der Waals surface area contributed by atoms with Crippen LogP contribution in [0.3, 0.4) is 0 Å². The third-order valence-corrected chi connectivity index (χ3v) is 2.69. The molecule has 2 aromatic rings. The first-order chi connectivity index (χ1) is 7.66. The lowest BCUT2D eigenvalue weighted by Gasteiger charge is -2.11. The predicted molar refractivity (Wildman–Crippen MR) is 62.2 cm³/mol. The van der Waals surface area contributed by atoms with Crippen LogP contribution in [0.25, 0.3) is 0 Å². The molecule has 4 nitrogen and oxygen atoms in total. The lowest BCUT2D eigenvalue weighted by atomic mass is 10.3. The number of nitrogens with zero attached hydrogens (tertiary/aromatic N) is 2. The minimum absolute atomic E-state index is 0.264. The van der Waals surface area contributed by atoms with E-state index in [1.54, 1.807) is 6.92 Å². The third-order valence-electron chi connectivity index (χ3n) is 2.03. The van der Waals surface area contributed by atoms with Gasteiger partial charge in [0.2, 0.25) is 0 Å². The molecule has 5 heteroatoms. The van der Waals surface area contributed by atoms with Crippen LogP contribution in [-0.4, -0.2) is 10.1 Å². The van der Waals surface area contributed by atoms with E-state index in [-0.39, 0.29) is 6.10 Å². The zero-order valence-corrected chi connectivity index (χ0v) is 10.6. The Kier molecular flexibility index (Phi) is 3.24. The van der Waals surface area contributed by atoms with Crippen molar-refractivity contribution in [3.63, 3.8) is 0 Å². The van der Waals surface area contributed by atoms with Gasteiger partial charge in [-0.2, -0.15) is 4.98 Å². The third kappa shape index (κ3) is 2.41. The van der Waals surface area contributed by atoms with Crippen LogP contribution in [0.15, 0.2) is 33.3 Å². The fourth-order valence-electron chi connectivity index (χ4n) is 1.26. The SMILES string of the molecule is Cc1noc([C@H](C)Oc2ccccc2Br)n1. The van der Waals surface area contributed by atoms with Gasteiger partial charge in [0.1, 0.15) is 5.75 Å². The normalized spacial score (nSPS) is 12.4. The molecule has 2 rings (SSSR count). The maximum atomic E-state index is 5.70. The van der Waals surface area contributed by atoms with Crippen molar-refractivity contribution in [2.75, 3.05) is 0 Å². The van der Waals surface area contributed by atoms with Gasteiger partial charge < -0.3 is 9.26 Å². The maximum Gasteiger partial charge on any atom is 0.267 e. The van der Waals surface area contributed by atoms with Gasteiger partial charge in [-0.15, -0.1) is 0 Å². The maximum absolute atomic E-state index is 5.70. The summed E-state index contributed by atoms with van der Waals surface area (Å²) in [4.78, 5) is 4.12. The Labute approximate surface area is 102 Å². The van der Waals surface area contributed by atoms with E-state index in [0.29, 0.717) is 11.7 Å². The first kappa shape index (κ1) is 11.1. The van der Waals surface area contributed by atoms with Crippen molar-refractivity contribution in [2.45, 2.75) is 20.0 Å². The minimum atomic E-state index is -0.264. The number of benzene rings is 1. The van der Waals surface area contributed by atoms with Gasteiger partial charge in [-0.25, -0.2) is 0 Å². The van der Waals surface area contributed by atoms with Gasteiger partial charge in [0.05, 0.1) is 4.47 Å². The number of aromatic nitrogens is 2. The molecule has 0 N–H and O–H groups in total. The molecule has 0 aliphatic carbocycles. The molecule has 0 aliphatic heterocycles. The van der Waals surface area contributed by atoms with Crippen LogP contribution in [0.4, 0.5) is 0 Å². The van der Waals surface area contributed by atoms with Crippen molar-refractivity contribution in [1.29, 1.82) is 0 Å². The molecular formula is C11H11BrN2O2. The lowest BCUT2D eigenvalue weighted by molar-refractivity contribution is 0.174. The highest BCUT2D eigenvalue weighted by Gasteiger charge is 2.15. The first-order valence-corrected chi connectivity index (χ1v) is 5.67. The van der Waals surface area contributed by atoms with Crippen LogP contribution in [0.1, 0.15) is 24.7 Å². The van der Waals surface area contributed by atoms with Gasteiger partial charge >= 0.3 is 0 Å². The number of para-hydroxylation sites is 1. The van der Waals surface area contributed by atoms with Crippen molar-refractivity contribution in [3.05, 3.63) is 40.5 Å². The number of hydrogen-bond acceptors (Lipinski definition) is 4. The van der Waals surface area contributed by atoms with Gasteiger partial charge in [0.25, 0.3) is 5.89 Å². The molecule has 0 spiro atoms. The van der Waals surface area contributed by atoms with E-state index in [2.05, 4.69) is 26.1 Å². The Morgan fingerprint density at radius 3 is 2.75 bits per heavy atom. The molecule has 0 fully saturated rings. The summed E-state index contributed by atoms with van der Waals surface area (Å²) >= 11 is 3.41. The van der Waals surface area contributed by atoms with Crippen molar-refractivity contribution >= 4 is 15.9 Å². The van der Waals surface area contributed by atoms with Gasteiger partial charge in [-0.1, -0.05) is 17.3 Å². The number of rotatable bonds is 3. The standard InChI is InChI=1S/C11H11BrN2O2/c1-7(11-13-8(2)14-16-11)15-10-6-4-3-5-9(10)12/h3-7H,1-2H3/t7-/m0/s1. The van der Waals surface area contributed by atoms with Crippen molar-refractivity contribution in [2.24, 2.45) is 0 Å². The van der Waals surface area contributed by atoms with E-state index in [1.165, 1.54) is 0 Å². The lowest BCUT2D eigenvalue weighted by Crippen LogP contribution is -2.03. The summed E-state index contributed by atoms with van der Waals surface area (Å²) in [5, 5.41) is 3.72. The van der Waals surface area contributed by atoms with E-state index in [4.69, 9.17) is 9.26 Å². The second-order valence-corrected chi connectivity index (χ2v) is 4.22. The van der Waals surface area contributed by atoms with Crippen molar-refractivity contribution < 1.29 is 9.26 Å². The second kappa shape index (κ2) is 4.65. The fraction of sp³-hybridized carbons (Fsp3) is 0.273. The molecule has 1 aromatic heterocycles. The zero-order chi connectivity index (χ0) is 11.5. The Hall–Kier alpha value is -1.36. The summed E-state index contributed by atoms with van der Waals surface area (Å²) in [6.07, 6.45) is -0.264. The van der Waals surface area contributed by atoms with Gasteiger partial charge in [0, 0.05) is 0 Å². The molecule has 0 aliphatic rings. The monoisotopic (exact) mass is 282 g/mol.